The number of H-pyrrole nitrogens is 1. The molecule has 0 atom stereocenters. The Labute approximate surface area is 262 Å². The summed E-state index contributed by atoms with van der Waals surface area (Å²) in [6.07, 6.45) is 5.42. The lowest BCUT2D eigenvalue weighted by Gasteiger charge is -2.32. The summed E-state index contributed by atoms with van der Waals surface area (Å²) in [6.45, 7) is -0.788. The molecule has 46 heavy (non-hydrogen) atoms. The van der Waals surface area contributed by atoms with Gasteiger partial charge in [-0.15, -0.1) is 0 Å². The van der Waals surface area contributed by atoms with Crippen LogP contribution in [0, 0.1) is 0 Å². The lowest BCUT2D eigenvalue weighted by Crippen LogP contribution is -2.41. The normalized spacial score (nSPS) is 17.1. The topological polar surface area (TPSA) is 141 Å². The zero-order valence-corrected chi connectivity index (χ0v) is 25.5. The molecule has 0 unspecified atom stereocenters. The van der Waals surface area contributed by atoms with Crippen LogP contribution in [0.3, 0.4) is 0 Å². The van der Waals surface area contributed by atoms with Gasteiger partial charge in [-0.3, -0.25) is 18.9 Å². The predicted octanol–water partition coefficient (Wildman–Crippen LogP) is 4.62. The molecule has 2 N–H and O–H groups in total. The van der Waals surface area contributed by atoms with Crippen LogP contribution in [0.25, 0.3) is 28.3 Å². The smallest absolute Gasteiger partial charge is 0.382 e. The van der Waals surface area contributed by atoms with Crippen LogP contribution >= 0.6 is 0 Å². The summed E-state index contributed by atoms with van der Waals surface area (Å²) in [6, 6.07) is 15.3. The zero-order valence-electron chi connectivity index (χ0n) is 25.5. The van der Waals surface area contributed by atoms with Crippen molar-refractivity contribution in [3.63, 3.8) is 0 Å². The van der Waals surface area contributed by atoms with Gasteiger partial charge in [0.05, 0.1) is 18.4 Å². The lowest BCUT2D eigenvalue weighted by atomic mass is 9.92. The summed E-state index contributed by atoms with van der Waals surface area (Å²) in [5.74, 6) is 0.209. The highest BCUT2D eigenvalue weighted by Crippen LogP contribution is 2.32. The molecule has 0 radical (unpaired) electrons. The van der Waals surface area contributed by atoms with Gasteiger partial charge in [0, 0.05) is 23.6 Å². The number of aliphatic hydroxyl groups is 1. The number of ether oxygens (including phenoxy) is 1. The van der Waals surface area contributed by atoms with E-state index in [-0.39, 0.29) is 17.7 Å². The Hall–Kier alpha value is -4.49. The molecule has 1 aliphatic rings. The number of aromatic nitrogens is 6. The van der Waals surface area contributed by atoms with Gasteiger partial charge >= 0.3 is 5.76 Å². The Balaban J connectivity index is 1.27. The number of fused-ring (bicyclic) bond motifs is 1. The molecular weight excluding hydrogens is 598 g/mol. The summed E-state index contributed by atoms with van der Waals surface area (Å²) >= 11 is 0. The van der Waals surface area contributed by atoms with Crippen molar-refractivity contribution in [3.05, 3.63) is 92.6 Å². The number of aryl methyl sites for hydroxylation is 1. The van der Waals surface area contributed by atoms with Crippen LogP contribution in [0.2, 0.25) is 0 Å². The first-order chi connectivity index (χ1) is 22.3. The molecule has 5 aromatic rings. The van der Waals surface area contributed by atoms with E-state index in [2.05, 4.69) is 27.1 Å². The number of hydrogen-bond donors (Lipinski definition) is 2. The standard InChI is InChI=1S/C33H36F2N6O5/c1-2-5-28-27(16-21-8-10-22(11-9-21)25-6-3-4-7-26(25)29-38-32(43)46-39-29)30(42)40(31-36-20-37-41(28)31)23-12-14-24(15-13-23)45-19-33(44,17-34)18-35/h3-4,6-11,20,23-24,44H,2,5,12-19H2,1H3,(H,38,39,43). The van der Waals surface area contributed by atoms with E-state index in [0.29, 0.717) is 55.7 Å². The molecule has 242 valence electrons. The summed E-state index contributed by atoms with van der Waals surface area (Å²) < 4.78 is 40.0. The number of nitrogens with one attached hydrogen (secondary N) is 1. The van der Waals surface area contributed by atoms with Crippen molar-refractivity contribution in [1.82, 2.24) is 29.3 Å². The monoisotopic (exact) mass is 634 g/mol. The zero-order chi connectivity index (χ0) is 32.3. The number of rotatable bonds is 12. The quantitative estimate of drug-likeness (QED) is 0.203. The average Bonchev–Trinajstić information content (AvgIpc) is 3.75. The van der Waals surface area contributed by atoms with Crippen LogP contribution in [0.1, 0.15) is 61.9 Å². The molecular formula is C33H36F2N6O5. The molecule has 1 aliphatic carbocycles. The Morgan fingerprint density at radius 3 is 2.41 bits per heavy atom. The molecule has 0 aliphatic heterocycles. The largest absolute Gasteiger partial charge is 0.439 e. The molecule has 11 nitrogen and oxygen atoms in total. The van der Waals surface area contributed by atoms with Crippen LogP contribution in [0.4, 0.5) is 8.78 Å². The highest BCUT2D eigenvalue weighted by atomic mass is 19.1. The molecule has 0 saturated heterocycles. The van der Waals surface area contributed by atoms with E-state index < -0.39 is 31.3 Å². The Morgan fingerprint density at radius 2 is 1.76 bits per heavy atom. The van der Waals surface area contributed by atoms with Crippen molar-refractivity contribution < 1.29 is 23.1 Å². The molecule has 2 aromatic carbocycles. The fourth-order valence-electron chi connectivity index (χ4n) is 6.23. The van der Waals surface area contributed by atoms with Crippen molar-refractivity contribution >= 4 is 5.78 Å². The molecule has 0 spiro atoms. The van der Waals surface area contributed by atoms with Crippen LogP contribution in [0.15, 0.2) is 69.0 Å². The maximum absolute atomic E-state index is 14.3. The van der Waals surface area contributed by atoms with Gasteiger partial charge in [-0.1, -0.05) is 67.0 Å². The minimum absolute atomic E-state index is 0.109. The first-order valence-electron chi connectivity index (χ1n) is 15.5. The fraction of sp³-hybridized carbons (Fsp3) is 0.424. The van der Waals surface area contributed by atoms with E-state index >= 15 is 0 Å². The van der Waals surface area contributed by atoms with Crippen LogP contribution in [-0.2, 0) is 17.6 Å². The Kier molecular flexibility index (Phi) is 9.22. The highest BCUT2D eigenvalue weighted by molar-refractivity contribution is 5.80. The van der Waals surface area contributed by atoms with Crippen molar-refractivity contribution in [1.29, 1.82) is 0 Å². The second-order valence-corrected chi connectivity index (χ2v) is 11.9. The van der Waals surface area contributed by atoms with Crippen molar-refractivity contribution in [3.8, 4) is 22.5 Å². The molecule has 3 aromatic heterocycles. The number of aromatic amines is 1. The van der Waals surface area contributed by atoms with E-state index in [1.165, 1.54) is 6.33 Å². The minimum atomic E-state index is -2.12. The maximum Gasteiger partial charge on any atom is 0.439 e. The van der Waals surface area contributed by atoms with E-state index in [1.54, 1.807) is 9.08 Å². The van der Waals surface area contributed by atoms with Gasteiger partial charge in [0.25, 0.3) is 5.56 Å². The summed E-state index contributed by atoms with van der Waals surface area (Å²) in [4.78, 5) is 32.9. The number of nitrogens with zero attached hydrogens (tertiary/aromatic N) is 5. The van der Waals surface area contributed by atoms with Gasteiger partial charge in [-0.2, -0.15) is 10.1 Å². The van der Waals surface area contributed by atoms with Crippen molar-refractivity contribution in [2.75, 3.05) is 20.0 Å². The van der Waals surface area contributed by atoms with Gasteiger partial charge < -0.3 is 9.84 Å². The van der Waals surface area contributed by atoms with E-state index in [1.807, 2.05) is 48.5 Å². The minimum Gasteiger partial charge on any atom is -0.382 e. The molecule has 3 heterocycles. The second kappa shape index (κ2) is 13.5. The molecule has 6 rings (SSSR count). The van der Waals surface area contributed by atoms with Gasteiger partial charge in [0.15, 0.2) is 5.82 Å². The first kappa shape index (κ1) is 31.5. The lowest BCUT2D eigenvalue weighted by molar-refractivity contribution is -0.102. The van der Waals surface area contributed by atoms with E-state index in [4.69, 9.17) is 9.26 Å². The van der Waals surface area contributed by atoms with Gasteiger partial charge in [0.1, 0.15) is 25.3 Å². The summed E-state index contributed by atoms with van der Waals surface area (Å²) in [5.41, 5.74) is 2.71. The Morgan fingerprint density at radius 1 is 1.04 bits per heavy atom. The second-order valence-electron chi connectivity index (χ2n) is 11.9. The van der Waals surface area contributed by atoms with Gasteiger partial charge in [-0.05, 0) is 48.8 Å². The number of benzene rings is 2. The third kappa shape index (κ3) is 6.29. The highest BCUT2D eigenvalue weighted by Gasteiger charge is 2.32. The molecule has 13 heteroatoms. The number of hydrogen-bond acceptors (Lipinski definition) is 8. The van der Waals surface area contributed by atoms with E-state index in [0.717, 1.165) is 34.4 Å². The van der Waals surface area contributed by atoms with Gasteiger partial charge in [-0.25, -0.2) is 18.1 Å². The van der Waals surface area contributed by atoms with Crippen LogP contribution in [-0.4, -0.2) is 66.1 Å². The fourth-order valence-corrected chi connectivity index (χ4v) is 6.23. The third-order valence-corrected chi connectivity index (χ3v) is 8.68. The summed E-state index contributed by atoms with van der Waals surface area (Å²) in [7, 11) is 0. The number of halogens is 2. The molecule has 0 amide bonds. The van der Waals surface area contributed by atoms with Crippen LogP contribution < -0.4 is 11.3 Å². The SMILES string of the molecule is CCCc1c(Cc2ccc(-c3ccccc3-c3noc(=O)[nH]3)cc2)c(=O)n(C2CCC(OCC(O)(CF)CF)CC2)c2ncnn12. The third-order valence-electron chi connectivity index (χ3n) is 8.68. The van der Waals surface area contributed by atoms with Crippen molar-refractivity contribution in [2.45, 2.75) is 69.6 Å². The molecule has 1 saturated carbocycles. The van der Waals surface area contributed by atoms with E-state index in [9.17, 15) is 23.5 Å². The maximum atomic E-state index is 14.3. The summed E-state index contributed by atoms with van der Waals surface area (Å²) in [5, 5.41) is 18.3. The van der Waals surface area contributed by atoms with Gasteiger partial charge in [0.2, 0.25) is 5.78 Å². The average molecular weight is 635 g/mol. The van der Waals surface area contributed by atoms with Crippen LogP contribution in [0.5, 0.6) is 0 Å². The number of alkyl halides is 2. The molecule has 1 fully saturated rings. The van der Waals surface area contributed by atoms with Crippen molar-refractivity contribution in [2.24, 2.45) is 0 Å². The molecule has 0 bridgehead atoms. The predicted molar refractivity (Wildman–Crippen MR) is 166 cm³/mol. The first-order valence-corrected chi connectivity index (χ1v) is 15.5. The Bertz CT molecular complexity index is 1900.